The number of pyridine rings is 1. The predicted octanol–water partition coefficient (Wildman–Crippen LogP) is 9.41. The lowest BCUT2D eigenvalue weighted by molar-refractivity contribution is -0.984. The number of fused-ring (bicyclic) bond motifs is 6. The Bertz CT molecular complexity index is 1910. The average molecular weight is 576 g/mol. The third kappa shape index (κ3) is 4.72. The molecular formula is C41H39N2O+. The zero-order valence-electron chi connectivity index (χ0n) is 25.2. The summed E-state index contributed by atoms with van der Waals surface area (Å²) in [6.45, 7) is 8.17. The van der Waals surface area contributed by atoms with Gasteiger partial charge in [0.25, 0.3) is 0 Å². The fraction of sp³-hybridized carbons (Fsp3) is 0.244. The minimum atomic E-state index is -0.0575. The van der Waals surface area contributed by atoms with E-state index in [-0.39, 0.29) is 6.10 Å². The van der Waals surface area contributed by atoms with Crippen LogP contribution in [-0.4, -0.2) is 28.6 Å². The van der Waals surface area contributed by atoms with Crippen LogP contribution in [0.2, 0.25) is 0 Å². The molecule has 2 bridgehead atoms. The van der Waals surface area contributed by atoms with E-state index in [4.69, 9.17) is 9.72 Å². The van der Waals surface area contributed by atoms with Crippen LogP contribution in [0.1, 0.15) is 35.6 Å². The molecule has 3 nitrogen and oxygen atoms in total. The van der Waals surface area contributed by atoms with E-state index >= 15 is 0 Å². The molecule has 0 amide bonds. The minimum Gasteiger partial charge on any atom is -0.363 e. The molecule has 6 aromatic rings. The van der Waals surface area contributed by atoms with E-state index in [0.29, 0.717) is 24.5 Å². The highest BCUT2D eigenvalue weighted by atomic mass is 16.5. The Hall–Kier alpha value is -4.31. The SMILES string of the molecule is C=CC1C[N+]2(Cc3c4ccccc4cc4ccccc34)CCC1C[C@H]2C(OCc1ccccc1)c1ccnc2ccccc12. The number of quaternary nitrogens is 1. The van der Waals surface area contributed by atoms with Gasteiger partial charge in [0.2, 0.25) is 0 Å². The van der Waals surface area contributed by atoms with Crippen molar-refractivity contribution < 1.29 is 9.22 Å². The summed E-state index contributed by atoms with van der Waals surface area (Å²) in [7, 11) is 0. The first-order valence-electron chi connectivity index (χ1n) is 16.1. The molecule has 44 heavy (non-hydrogen) atoms. The van der Waals surface area contributed by atoms with Crippen molar-refractivity contribution in [3.05, 3.63) is 151 Å². The number of aromatic nitrogens is 1. The van der Waals surface area contributed by atoms with Crippen LogP contribution >= 0.6 is 0 Å². The summed E-state index contributed by atoms with van der Waals surface area (Å²) in [6.07, 6.45) is 6.53. The van der Waals surface area contributed by atoms with Crippen molar-refractivity contribution in [3.63, 3.8) is 0 Å². The largest absolute Gasteiger partial charge is 0.363 e. The van der Waals surface area contributed by atoms with Crippen LogP contribution in [0.25, 0.3) is 32.4 Å². The molecule has 3 fully saturated rings. The Balaban J connectivity index is 1.30. The second kappa shape index (κ2) is 11.3. The molecule has 3 heteroatoms. The Morgan fingerprint density at radius 3 is 2.25 bits per heavy atom. The first-order chi connectivity index (χ1) is 21.7. The second-order valence-corrected chi connectivity index (χ2v) is 13.0. The molecule has 4 unspecified atom stereocenters. The van der Waals surface area contributed by atoms with E-state index in [1.54, 1.807) is 0 Å². The molecule has 9 rings (SSSR count). The van der Waals surface area contributed by atoms with Crippen LogP contribution in [0, 0.1) is 11.8 Å². The summed E-state index contributed by atoms with van der Waals surface area (Å²) < 4.78 is 8.17. The van der Waals surface area contributed by atoms with Crippen LogP contribution in [0.3, 0.4) is 0 Å². The molecule has 0 N–H and O–H groups in total. The van der Waals surface area contributed by atoms with Crippen LogP contribution in [-0.2, 0) is 17.9 Å². The number of piperidine rings is 3. The van der Waals surface area contributed by atoms with Gasteiger partial charge in [0.15, 0.2) is 0 Å². The molecule has 4 heterocycles. The first kappa shape index (κ1) is 27.3. The van der Waals surface area contributed by atoms with E-state index < -0.39 is 0 Å². The van der Waals surface area contributed by atoms with Gasteiger partial charge in [-0.1, -0.05) is 103 Å². The zero-order chi connectivity index (χ0) is 29.5. The van der Waals surface area contributed by atoms with Gasteiger partial charge in [-0.3, -0.25) is 4.98 Å². The third-order valence-corrected chi connectivity index (χ3v) is 10.6. The summed E-state index contributed by atoms with van der Waals surface area (Å²) in [6, 6.07) is 42.0. The van der Waals surface area contributed by atoms with Gasteiger partial charge >= 0.3 is 0 Å². The molecule has 0 radical (unpaired) electrons. The smallest absolute Gasteiger partial charge is 0.135 e. The zero-order valence-corrected chi connectivity index (χ0v) is 25.2. The van der Waals surface area contributed by atoms with Crippen molar-refractivity contribution >= 4 is 32.4 Å². The maximum Gasteiger partial charge on any atom is 0.135 e. The molecule has 3 aliphatic rings. The highest BCUT2D eigenvalue weighted by Gasteiger charge is 2.55. The fourth-order valence-corrected chi connectivity index (χ4v) is 8.49. The van der Waals surface area contributed by atoms with Crippen molar-refractivity contribution in [2.45, 2.75) is 38.1 Å². The van der Waals surface area contributed by atoms with Gasteiger partial charge in [-0.15, -0.1) is 6.58 Å². The molecule has 0 aliphatic carbocycles. The molecular weight excluding hydrogens is 536 g/mol. The molecule has 5 atom stereocenters. The number of rotatable bonds is 8. The highest BCUT2D eigenvalue weighted by molar-refractivity contribution is 6.02. The van der Waals surface area contributed by atoms with Gasteiger partial charge < -0.3 is 9.22 Å². The Labute approximate surface area is 260 Å². The van der Waals surface area contributed by atoms with Crippen molar-refractivity contribution in [3.8, 4) is 0 Å². The lowest BCUT2D eigenvalue weighted by atomic mass is 9.70. The van der Waals surface area contributed by atoms with Crippen molar-refractivity contribution in [1.82, 2.24) is 4.98 Å². The predicted molar refractivity (Wildman–Crippen MR) is 181 cm³/mol. The fourth-order valence-electron chi connectivity index (χ4n) is 8.49. The van der Waals surface area contributed by atoms with Crippen molar-refractivity contribution in [2.24, 2.45) is 11.8 Å². The monoisotopic (exact) mass is 575 g/mol. The first-order valence-corrected chi connectivity index (χ1v) is 16.1. The standard InChI is InChI=1S/C41H39N2O/c1-2-30-26-43(27-38-34-16-8-6-14-32(34)24-33-15-7-9-17-35(33)38)23-21-31(30)25-40(43)41(44-28-29-12-4-3-5-13-29)37-20-22-42-39-19-11-10-18-36(37)39/h2-20,22,24,30-31,40-41H,1,21,23,25-28H2/q+1/t30?,31?,40-,41?,43?/m0/s1. The Kier molecular flexibility index (Phi) is 7.01. The van der Waals surface area contributed by atoms with Gasteiger partial charge in [0.05, 0.1) is 25.2 Å². The lowest BCUT2D eigenvalue weighted by Crippen LogP contribution is -2.67. The maximum atomic E-state index is 7.15. The van der Waals surface area contributed by atoms with E-state index in [2.05, 4.69) is 128 Å². The van der Waals surface area contributed by atoms with Crippen LogP contribution in [0.5, 0.6) is 0 Å². The molecule has 1 aromatic heterocycles. The average Bonchev–Trinajstić information content (AvgIpc) is 3.09. The maximum absolute atomic E-state index is 7.15. The Morgan fingerprint density at radius 1 is 0.818 bits per heavy atom. The van der Waals surface area contributed by atoms with Gasteiger partial charge in [-0.25, -0.2) is 0 Å². The van der Waals surface area contributed by atoms with E-state index in [1.165, 1.54) is 50.0 Å². The van der Waals surface area contributed by atoms with Gasteiger partial charge in [-0.05, 0) is 56.8 Å². The highest BCUT2D eigenvalue weighted by Crippen LogP contribution is 2.50. The molecule has 218 valence electrons. The number of hydrogen-bond donors (Lipinski definition) is 0. The molecule has 0 saturated carbocycles. The minimum absolute atomic E-state index is 0.0575. The van der Waals surface area contributed by atoms with Crippen LogP contribution < -0.4 is 0 Å². The topological polar surface area (TPSA) is 22.1 Å². The Morgan fingerprint density at radius 2 is 1.50 bits per heavy atom. The number of para-hydroxylation sites is 1. The number of nitrogens with zero attached hydrogens (tertiary/aromatic N) is 2. The van der Waals surface area contributed by atoms with Gasteiger partial charge in [0.1, 0.15) is 18.7 Å². The van der Waals surface area contributed by atoms with E-state index in [9.17, 15) is 0 Å². The van der Waals surface area contributed by atoms with Crippen LogP contribution in [0.15, 0.2) is 134 Å². The van der Waals surface area contributed by atoms with Gasteiger partial charge in [0, 0.05) is 35.9 Å². The lowest BCUT2D eigenvalue weighted by Gasteiger charge is -2.58. The molecule has 3 aliphatic heterocycles. The summed E-state index contributed by atoms with van der Waals surface area (Å²) >= 11 is 0. The summed E-state index contributed by atoms with van der Waals surface area (Å²) in [5.74, 6) is 1.16. The summed E-state index contributed by atoms with van der Waals surface area (Å²) in [4.78, 5) is 4.74. The third-order valence-electron chi connectivity index (χ3n) is 10.6. The number of ether oxygens (including phenoxy) is 1. The van der Waals surface area contributed by atoms with Crippen LogP contribution in [0.4, 0.5) is 0 Å². The second-order valence-electron chi connectivity index (χ2n) is 13.0. The molecule has 0 spiro atoms. The van der Waals surface area contributed by atoms with E-state index in [1.807, 2.05) is 6.20 Å². The number of hydrogen-bond acceptors (Lipinski definition) is 2. The quantitative estimate of drug-likeness (QED) is 0.102. The van der Waals surface area contributed by atoms with Crippen molar-refractivity contribution in [1.29, 1.82) is 0 Å². The molecule has 3 saturated heterocycles. The molecule has 5 aromatic carbocycles. The van der Waals surface area contributed by atoms with E-state index in [0.717, 1.165) is 36.1 Å². The summed E-state index contributed by atoms with van der Waals surface area (Å²) in [5.41, 5.74) is 4.97. The summed E-state index contributed by atoms with van der Waals surface area (Å²) in [5, 5.41) is 6.58. The van der Waals surface area contributed by atoms with Crippen molar-refractivity contribution in [2.75, 3.05) is 13.1 Å². The number of benzene rings is 5. The normalized spacial score (nSPS) is 23.7. The van der Waals surface area contributed by atoms with Gasteiger partial charge in [-0.2, -0.15) is 0 Å².